The average Bonchev–Trinajstić information content (AvgIpc) is 3.52. The van der Waals surface area contributed by atoms with Crippen LogP contribution in [0.3, 0.4) is 0 Å². The van der Waals surface area contributed by atoms with Gasteiger partial charge in [-0.15, -0.1) is 0 Å². The SMILES string of the molecule is CC(C)CCOC(C)(C)C1CCCCC12CO2.CN(C)CCOc1ccc(/C=C/C(=O)O)cc1. The number of carbonyl (C=O) groups is 1. The minimum Gasteiger partial charge on any atom is -0.492 e. The second kappa shape index (κ2) is 13.3. The maximum atomic E-state index is 10.3. The van der Waals surface area contributed by atoms with E-state index in [9.17, 15) is 4.79 Å². The molecule has 1 N–H and O–H groups in total. The highest BCUT2D eigenvalue weighted by Crippen LogP contribution is 2.51. The van der Waals surface area contributed by atoms with Crippen molar-refractivity contribution >= 4 is 12.0 Å². The summed E-state index contributed by atoms with van der Waals surface area (Å²) in [7, 11) is 3.98. The van der Waals surface area contributed by atoms with Crippen molar-refractivity contribution < 1.29 is 24.1 Å². The minimum atomic E-state index is -0.948. The highest BCUT2D eigenvalue weighted by molar-refractivity contribution is 5.85. The van der Waals surface area contributed by atoms with E-state index < -0.39 is 5.97 Å². The Morgan fingerprint density at radius 3 is 2.47 bits per heavy atom. The number of rotatable bonds is 11. The van der Waals surface area contributed by atoms with Gasteiger partial charge in [0.2, 0.25) is 0 Å². The molecule has 1 aromatic carbocycles. The van der Waals surface area contributed by atoms with Gasteiger partial charge in [-0.2, -0.15) is 0 Å². The molecule has 1 aromatic rings. The van der Waals surface area contributed by atoms with Crippen LogP contribution in [0.2, 0.25) is 0 Å². The zero-order chi connectivity index (χ0) is 25.2. The van der Waals surface area contributed by atoms with E-state index in [0.29, 0.717) is 12.5 Å². The van der Waals surface area contributed by atoms with E-state index in [-0.39, 0.29) is 11.2 Å². The van der Waals surface area contributed by atoms with Crippen LogP contribution in [0.15, 0.2) is 30.3 Å². The molecule has 1 saturated carbocycles. The summed E-state index contributed by atoms with van der Waals surface area (Å²) in [6.07, 6.45) is 9.01. The van der Waals surface area contributed by atoms with E-state index in [2.05, 4.69) is 27.7 Å². The molecule has 0 aromatic heterocycles. The lowest BCUT2D eigenvalue weighted by molar-refractivity contribution is -0.131. The molecule has 6 heteroatoms. The van der Waals surface area contributed by atoms with Crippen LogP contribution >= 0.6 is 0 Å². The second-order valence-corrected chi connectivity index (χ2v) is 10.7. The largest absolute Gasteiger partial charge is 0.492 e. The van der Waals surface area contributed by atoms with Gasteiger partial charge >= 0.3 is 5.97 Å². The molecule has 1 saturated heterocycles. The summed E-state index contributed by atoms with van der Waals surface area (Å²) < 4.78 is 17.5. The van der Waals surface area contributed by atoms with Gasteiger partial charge in [-0.3, -0.25) is 0 Å². The molecule has 0 amide bonds. The summed E-state index contributed by atoms with van der Waals surface area (Å²) in [5.74, 6) is 1.16. The molecule has 0 bridgehead atoms. The van der Waals surface area contributed by atoms with E-state index in [1.54, 1.807) is 6.08 Å². The van der Waals surface area contributed by atoms with Crippen molar-refractivity contribution in [2.45, 2.75) is 71.0 Å². The van der Waals surface area contributed by atoms with Crippen molar-refractivity contribution in [2.24, 2.45) is 11.8 Å². The monoisotopic (exact) mass is 475 g/mol. The van der Waals surface area contributed by atoms with Gasteiger partial charge in [-0.05, 0) is 76.9 Å². The number of ether oxygens (including phenoxy) is 3. The van der Waals surface area contributed by atoms with Crippen molar-refractivity contribution in [3.63, 3.8) is 0 Å². The summed E-state index contributed by atoms with van der Waals surface area (Å²) in [5, 5.41) is 8.48. The summed E-state index contributed by atoms with van der Waals surface area (Å²) in [4.78, 5) is 12.4. The third-order valence-electron chi connectivity index (χ3n) is 6.61. The number of nitrogens with zero attached hydrogens (tertiary/aromatic N) is 1. The Morgan fingerprint density at radius 1 is 1.24 bits per heavy atom. The Morgan fingerprint density at radius 2 is 1.91 bits per heavy atom. The van der Waals surface area contributed by atoms with Crippen molar-refractivity contribution in [3.8, 4) is 5.75 Å². The fourth-order valence-corrected chi connectivity index (χ4v) is 4.48. The highest BCUT2D eigenvalue weighted by Gasteiger charge is 2.57. The van der Waals surface area contributed by atoms with Gasteiger partial charge in [0.05, 0.1) is 17.8 Å². The summed E-state index contributed by atoms with van der Waals surface area (Å²) in [5.41, 5.74) is 1.01. The second-order valence-electron chi connectivity index (χ2n) is 10.7. The number of hydrogen-bond donors (Lipinski definition) is 1. The van der Waals surface area contributed by atoms with Gasteiger partial charge in [0.25, 0.3) is 0 Å². The quantitative estimate of drug-likeness (QED) is 0.336. The van der Waals surface area contributed by atoms with Gasteiger partial charge in [0.15, 0.2) is 0 Å². The number of aliphatic carboxylic acids is 1. The number of likely N-dealkylation sites (N-methyl/N-ethyl adjacent to an activating group) is 1. The Bertz CT molecular complexity index is 766. The first-order chi connectivity index (χ1) is 16.0. The fourth-order valence-electron chi connectivity index (χ4n) is 4.48. The molecule has 6 nitrogen and oxygen atoms in total. The van der Waals surface area contributed by atoms with Crippen LogP contribution < -0.4 is 4.74 Å². The number of hydrogen-bond acceptors (Lipinski definition) is 5. The van der Waals surface area contributed by atoms with Crippen molar-refractivity contribution in [2.75, 3.05) is 40.5 Å². The predicted octanol–water partition coefficient (Wildman–Crippen LogP) is 5.51. The van der Waals surface area contributed by atoms with Crippen LogP contribution in [0.1, 0.15) is 65.4 Å². The molecule has 1 heterocycles. The fraction of sp³-hybridized carbons (Fsp3) is 0.679. The first kappa shape index (κ1) is 28.3. The van der Waals surface area contributed by atoms with E-state index in [4.69, 9.17) is 19.3 Å². The van der Waals surface area contributed by atoms with Gasteiger partial charge < -0.3 is 24.2 Å². The first-order valence-corrected chi connectivity index (χ1v) is 12.6. The normalized spacial score (nSPS) is 22.2. The van der Waals surface area contributed by atoms with E-state index >= 15 is 0 Å². The molecular weight excluding hydrogens is 430 g/mol. The van der Waals surface area contributed by atoms with Crippen LogP contribution in [0.5, 0.6) is 5.75 Å². The zero-order valence-corrected chi connectivity index (χ0v) is 22.0. The zero-order valence-electron chi connectivity index (χ0n) is 22.0. The number of epoxide rings is 1. The first-order valence-electron chi connectivity index (χ1n) is 12.6. The van der Waals surface area contributed by atoms with Crippen LogP contribution in [-0.2, 0) is 14.3 Å². The highest BCUT2D eigenvalue weighted by atomic mass is 16.6. The van der Waals surface area contributed by atoms with E-state index in [0.717, 1.165) is 49.5 Å². The van der Waals surface area contributed by atoms with E-state index in [1.807, 2.05) is 43.3 Å². The summed E-state index contributed by atoms with van der Waals surface area (Å²) >= 11 is 0. The van der Waals surface area contributed by atoms with Crippen molar-refractivity contribution in [1.29, 1.82) is 0 Å². The van der Waals surface area contributed by atoms with Gasteiger partial charge in [-0.25, -0.2) is 4.79 Å². The smallest absolute Gasteiger partial charge is 0.328 e. The lowest BCUT2D eigenvalue weighted by Crippen LogP contribution is -2.45. The molecule has 34 heavy (non-hydrogen) atoms. The Hall–Kier alpha value is -1.89. The summed E-state index contributed by atoms with van der Waals surface area (Å²) in [6, 6.07) is 7.31. The van der Waals surface area contributed by atoms with Crippen molar-refractivity contribution in [1.82, 2.24) is 4.90 Å². The lowest BCUT2D eigenvalue weighted by Gasteiger charge is -2.41. The van der Waals surface area contributed by atoms with Crippen LogP contribution in [0.4, 0.5) is 0 Å². The third kappa shape index (κ3) is 9.77. The Balaban J connectivity index is 0.000000240. The number of carboxylic acid groups (broad SMARTS) is 1. The molecule has 0 radical (unpaired) electrons. The summed E-state index contributed by atoms with van der Waals surface area (Å²) in [6.45, 7) is 12.4. The minimum absolute atomic E-state index is 0.0220. The number of benzene rings is 1. The van der Waals surface area contributed by atoms with Gasteiger partial charge in [-0.1, -0.05) is 38.8 Å². The Kier molecular flexibility index (Phi) is 11.1. The molecular formula is C28H45NO5. The van der Waals surface area contributed by atoms with Gasteiger partial charge in [0, 0.05) is 25.1 Å². The molecule has 1 spiro atoms. The van der Waals surface area contributed by atoms with E-state index in [1.165, 1.54) is 25.7 Å². The lowest BCUT2D eigenvalue weighted by atomic mass is 9.71. The standard InChI is InChI=1S/C15H28O2.C13H17NO3/c1-12(2)8-10-16-14(3,4)13-7-5-6-9-15(13)11-17-15;1-14(2)9-10-17-12-6-3-11(4-7-12)5-8-13(15)16/h12-13H,5-11H2,1-4H3;3-8H,9-10H2,1-2H3,(H,15,16)/b;8-5+. The van der Waals surface area contributed by atoms with Crippen LogP contribution in [0.25, 0.3) is 6.08 Å². The molecule has 3 rings (SSSR count). The molecule has 1 aliphatic heterocycles. The maximum absolute atomic E-state index is 10.3. The Labute approximate surface area is 206 Å². The molecule has 2 fully saturated rings. The topological polar surface area (TPSA) is 71.5 Å². The van der Waals surface area contributed by atoms with Crippen molar-refractivity contribution in [3.05, 3.63) is 35.9 Å². The third-order valence-corrected chi connectivity index (χ3v) is 6.61. The van der Waals surface area contributed by atoms with Crippen LogP contribution in [-0.4, -0.2) is 67.6 Å². The molecule has 1 aliphatic carbocycles. The molecule has 192 valence electrons. The average molecular weight is 476 g/mol. The molecule has 2 atom stereocenters. The van der Waals surface area contributed by atoms with Gasteiger partial charge in [0.1, 0.15) is 12.4 Å². The van der Waals surface area contributed by atoms with Crippen LogP contribution in [0, 0.1) is 11.8 Å². The predicted molar refractivity (Wildman–Crippen MR) is 137 cm³/mol. The number of carboxylic acids is 1. The maximum Gasteiger partial charge on any atom is 0.328 e. The molecule has 2 unspecified atom stereocenters. The molecule has 2 aliphatic rings.